The Morgan fingerprint density at radius 2 is 1.82 bits per heavy atom. The Hall–Kier alpha value is -4.27. The fraction of sp³-hybridized carbons (Fsp3) is 0.208. The van der Waals surface area contributed by atoms with Gasteiger partial charge in [-0.15, -0.1) is 0 Å². The lowest BCUT2D eigenvalue weighted by Gasteiger charge is -2.26. The van der Waals surface area contributed by atoms with Crippen molar-refractivity contribution in [3.63, 3.8) is 0 Å². The summed E-state index contributed by atoms with van der Waals surface area (Å²) in [5.74, 6) is 0.0686. The van der Waals surface area contributed by atoms with Crippen LogP contribution in [-0.2, 0) is 17.9 Å². The van der Waals surface area contributed by atoms with E-state index in [1.165, 1.54) is 10.9 Å². The molecule has 33 heavy (non-hydrogen) atoms. The second-order valence-corrected chi connectivity index (χ2v) is 8.10. The van der Waals surface area contributed by atoms with Crippen LogP contribution in [0.4, 0.5) is 0 Å². The van der Waals surface area contributed by atoms with E-state index in [1.807, 2.05) is 32.0 Å². The van der Waals surface area contributed by atoms with Crippen LogP contribution in [0.1, 0.15) is 19.7 Å². The molecule has 3 aromatic heterocycles. The highest BCUT2D eigenvalue weighted by molar-refractivity contribution is 6.01. The molecule has 0 spiro atoms. The first-order chi connectivity index (χ1) is 15.9. The minimum Gasteiger partial charge on any atom is -0.448 e. The van der Waals surface area contributed by atoms with E-state index in [0.717, 1.165) is 5.39 Å². The number of benzene rings is 2. The lowest BCUT2D eigenvalue weighted by Crippen LogP contribution is -2.41. The summed E-state index contributed by atoms with van der Waals surface area (Å²) in [6.07, 6.45) is 1.36. The van der Waals surface area contributed by atoms with E-state index >= 15 is 0 Å². The zero-order valence-electron chi connectivity index (χ0n) is 18.1. The number of carbonyl (C=O) groups is 1. The Bertz CT molecular complexity index is 1630. The van der Waals surface area contributed by atoms with Gasteiger partial charge in [0.1, 0.15) is 23.5 Å². The molecular weight excluding hydrogens is 422 g/mol. The number of para-hydroxylation sites is 2. The summed E-state index contributed by atoms with van der Waals surface area (Å²) in [6.45, 7) is 3.61. The summed E-state index contributed by atoms with van der Waals surface area (Å²) in [7, 11) is 0. The molecule has 2 aromatic carbocycles. The quantitative estimate of drug-likeness (QED) is 0.447. The fourth-order valence-electron chi connectivity index (χ4n) is 3.89. The van der Waals surface area contributed by atoms with Crippen LogP contribution in [0.25, 0.3) is 33.0 Å². The van der Waals surface area contributed by atoms with E-state index in [1.54, 1.807) is 35.2 Å². The van der Waals surface area contributed by atoms with Crippen LogP contribution < -0.4 is 11.1 Å². The van der Waals surface area contributed by atoms with Crippen molar-refractivity contribution in [3.05, 3.63) is 81.4 Å². The minimum atomic E-state index is -0.425. The number of nitrogens with zero attached hydrogens (tertiary/aromatic N) is 4. The number of aromatic nitrogens is 4. The van der Waals surface area contributed by atoms with Gasteiger partial charge in [-0.25, -0.2) is 9.97 Å². The van der Waals surface area contributed by atoms with Crippen LogP contribution in [0.15, 0.2) is 68.9 Å². The molecule has 0 aliphatic carbocycles. The number of hydrogen-bond acceptors (Lipinski definition) is 6. The second kappa shape index (κ2) is 8.01. The molecule has 9 heteroatoms. The monoisotopic (exact) mass is 443 g/mol. The molecule has 5 aromatic rings. The Kier molecular flexibility index (Phi) is 5.01. The van der Waals surface area contributed by atoms with E-state index in [2.05, 4.69) is 15.0 Å². The van der Waals surface area contributed by atoms with E-state index in [4.69, 9.17) is 4.42 Å². The van der Waals surface area contributed by atoms with E-state index in [9.17, 15) is 14.4 Å². The Morgan fingerprint density at radius 1 is 1.09 bits per heavy atom. The molecule has 3 heterocycles. The zero-order valence-corrected chi connectivity index (χ0v) is 18.1. The molecule has 0 bridgehead atoms. The molecule has 0 unspecified atom stereocenters. The van der Waals surface area contributed by atoms with Gasteiger partial charge in [0, 0.05) is 11.4 Å². The third kappa shape index (κ3) is 3.67. The standard InChI is InChI=1S/C24H21N5O4/c1-14(2)29(11-19-26-17-9-5-3-7-15(17)23(31)27-19)20(30)12-28-13-25-21-16-8-4-6-10-18(16)33-22(21)24(28)32/h3-10,13-14H,11-12H2,1-2H3,(H,26,27,31). The summed E-state index contributed by atoms with van der Waals surface area (Å²) < 4.78 is 6.93. The van der Waals surface area contributed by atoms with Crippen LogP contribution >= 0.6 is 0 Å². The van der Waals surface area contributed by atoms with Gasteiger partial charge in [0.15, 0.2) is 0 Å². The van der Waals surface area contributed by atoms with Crippen molar-refractivity contribution in [1.29, 1.82) is 0 Å². The molecule has 0 aliphatic heterocycles. The Balaban J connectivity index is 1.45. The molecule has 0 fully saturated rings. The third-order valence-corrected chi connectivity index (χ3v) is 5.58. The second-order valence-electron chi connectivity index (χ2n) is 8.10. The lowest BCUT2D eigenvalue weighted by molar-refractivity contribution is -0.134. The topological polar surface area (TPSA) is 114 Å². The maximum Gasteiger partial charge on any atom is 0.297 e. The predicted molar refractivity (Wildman–Crippen MR) is 124 cm³/mol. The number of hydrogen-bond donors (Lipinski definition) is 1. The van der Waals surface area contributed by atoms with Crippen molar-refractivity contribution in [3.8, 4) is 0 Å². The highest BCUT2D eigenvalue weighted by Crippen LogP contribution is 2.24. The average Bonchev–Trinajstić information content (AvgIpc) is 3.18. The maximum absolute atomic E-state index is 13.2. The zero-order chi connectivity index (χ0) is 23.1. The van der Waals surface area contributed by atoms with Crippen molar-refractivity contribution in [2.24, 2.45) is 0 Å². The van der Waals surface area contributed by atoms with Crippen molar-refractivity contribution >= 4 is 38.9 Å². The number of aromatic amines is 1. The first-order valence-electron chi connectivity index (χ1n) is 10.6. The number of carbonyl (C=O) groups excluding carboxylic acids is 1. The summed E-state index contributed by atoms with van der Waals surface area (Å²) in [4.78, 5) is 51.7. The Morgan fingerprint density at radius 3 is 2.61 bits per heavy atom. The smallest absolute Gasteiger partial charge is 0.297 e. The van der Waals surface area contributed by atoms with Crippen molar-refractivity contribution in [2.45, 2.75) is 33.0 Å². The predicted octanol–water partition coefficient (Wildman–Crippen LogP) is 2.82. The molecule has 0 atom stereocenters. The Labute approximate surface area is 187 Å². The first-order valence-corrected chi connectivity index (χ1v) is 10.6. The molecule has 5 rings (SSSR count). The molecule has 0 saturated heterocycles. The minimum absolute atomic E-state index is 0.103. The number of furan rings is 1. The third-order valence-electron chi connectivity index (χ3n) is 5.58. The van der Waals surface area contributed by atoms with E-state index < -0.39 is 5.56 Å². The van der Waals surface area contributed by atoms with Gasteiger partial charge in [0.2, 0.25) is 11.5 Å². The van der Waals surface area contributed by atoms with Gasteiger partial charge in [-0.1, -0.05) is 24.3 Å². The molecule has 0 aliphatic rings. The molecule has 166 valence electrons. The number of rotatable bonds is 5. The van der Waals surface area contributed by atoms with Crippen molar-refractivity contribution in [2.75, 3.05) is 0 Å². The molecule has 1 amide bonds. The molecule has 0 saturated carbocycles. The summed E-state index contributed by atoms with van der Waals surface area (Å²) in [6, 6.07) is 14.1. The van der Waals surface area contributed by atoms with E-state index in [-0.39, 0.29) is 36.2 Å². The van der Waals surface area contributed by atoms with Crippen LogP contribution in [0, 0.1) is 0 Å². The number of H-pyrrole nitrogens is 1. The van der Waals surface area contributed by atoms with Crippen LogP contribution in [0.3, 0.4) is 0 Å². The SMILES string of the molecule is CC(C)N(Cc1nc2ccccc2c(=O)[nH]1)C(=O)Cn1cnc2c(oc3ccccc32)c1=O. The van der Waals surface area contributed by atoms with Gasteiger partial charge in [-0.2, -0.15) is 0 Å². The number of fused-ring (bicyclic) bond motifs is 4. The summed E-state index contributed by atoms with van der Waals surface area (Å²) in [5, 5.41) is 1.23. The molecule has 9 nitrogen and oxygen atoms in total. The van der Waals surface area contributed by atoms with Crippen molar-refractivity contribution < 1.29 is 9.21 Å². The summed E-state index contributed by atoms with van der Waals surface area (Å²) >= 11 is 0. The normalized spacial score (nSPS) is 11.6. The summed E-state index contributed by atoms with van der Waals surface area (Å²) in [5.41, 5.74) is 1.02. The largest absolute Gasteiger partial charge is 0.448 e. The molecule has 0 radical (unpaired) electrons. The fourth-order valence-corrected chi connectivity index (χ4v) is 3.89. The molecular formula is C24H21N5O4. The lowest BCUT2D eigenvalue weighted by atomic mass is 10.2. The number of amides is 1. The van der Waals surface area contributed by atoms with Gasteiger partial charge < -0.3 is 14.3 Å². The highest BCUT2D eigenvalue weighted by atomic mass is 16.3. The van der Waals surface area contributed by atoms with Crippen molar-refractivity contribution in [1.82, 2.24) is 24.4 Å². The highest BCUT2D eigenvalue weighted by Gasteiger charge is 2.21. The number of nitrogens with one attached hydrogen (secondary N) is 1. The maximum atomic E-state index is 13.2. The van der Waals surface area contributed by atoms with Gasteiger partial charge in [-0.05, 0) is 38.1 Å². The van der Waals surface area contributed by atoms with Crippen LogP contribution in [-0.4, -0.2) is 36.4 Å². The van der Waals surface area contributed by atoms with Gasteiger partial charge >= 0.3 is 0 Å². The molecule has 1 N–H and O–H groups in total. The van der Waals surface area contributed by atoms with Gasteiger partial charge in [0.05, 0.1) is 23.8 Å². The van der Waals surface area contributed by atoms with Crippen LogP contribution in [0.5, 0.6) is 0 Å². The van der Waals surface area contributed by atoms with Gasteiger partial charge in [0.25, 0.3) is 11.1 Å². The van der Waals surface area contributed by atoms with E-state index in [0.29, 0.717) is 27.8 Å². The van der Waals surface area contributed by atoms with Gasteiger partial charge in [-0.3, -0.25) is 19.0 Å². The first kappa shape index (κ1) is 20.6. The van der Waals surface area contributed by atoms with Crippen LogP contribution in [0.2, 0.25) is 0 Å². The average molecular weight is 443 g/mol.